The van der Waals surface area contributed by atoms with E-state index >= 15 is 0 Å². The first-order valence-electron chi connectivity index (χ1n) is 9.69. The van der Waals surface area contributed by atoms with Crippen LogP contribution in [0.2, 0.25) is 0 Å². The number of amides is 1. The maximum Gasteiger partial charge on any atom is 0.251 e. The minimum absolute atomic E-state index is 0.333. The highest BCUT2D eigenvalue weighted by Gasteiger charge is 2.24. The summed E-state index contributed by atoms with van der Waals surface area (Å²) >= 11 is 1.68. The number of anilines is 2. The molecule has 0 radical (unpaired) electrons. The molecule has 0 saturated carbocycles. The van der Waals surface area contributed by atoms with Gasteiger partial charge in [-0.05, 0) is 51.2 Å². The molecule has 3 N–H and O–H groups in total. The molecule has 1 aromatic heterocycles. The van der Waals surface area contributed by atoms with Crippen LogP contribution < -0.4 is 20.7 Å². The summed E-state index contributed by atoms with van der Waals surface area (Å²) in [7, 11) is 1.70. The van der Waals surface area contributed by atoms with E-state index in [0.29, 0.717) is 12.1 Å². The van der Waals surface area contributed by atoms with Crippen LogP contribution in [0.4, 0.5) is 10.7 Å². The zero-order valence-electron chi connectivity index (χ0n) is 16.4. The van der Waals surface area contributed by atoms with Gasteiger partial charge in [0.2, 0.25) is 0 Å². The second-order valence-corrected chi connectivity index (χ2v) is 7.91. The van der Waals surface area contributed by atoms with Gasteiger partial charge in [0.05, 0.1) is 12.7 Å². The van der Waals surface area contributed by atoms with Gasteiger partial charge in [-0.2, -0.15) is 0 Å². The number of nitrogens with two attached hydrogens (primary N) is 1. The molecule has 0 unspecified atom stereocenters. The Balaban J connectivity index is 1.83. The summed E-state index contributed by atoms with van der Waals surface area (Å²) in [4.78, 5) is 15.6. The predicted molar refractivity (Wildman–Crippen MR) is 113 cm³/mol. The van der Waals surface area contributed by atoms with Crippen molar-refractivity contribution in [3.05, 3.63) is 39.8 Å². The Morgan fingerprint density at radius 1 is 1.26 bits per heavy atom. The van der Waals surface area contributed by atoms with Crippen LogP contribution in [0.1, 0.15) is 53.1 Å². The van der Waals surface area contributed by atoms with Crippen molar-refractivity contribution in [1.82, 2.24) is 0 Å². The number of hydrogen-bond donors (Lipinski definition) is 2. The molecule has 5 nitrogen and oxygen atoms in total. The number of benzene rings is 1. The van der Waals surface area contributed by atoms with E-state index in [1.807, 2.05) is 0 Å². The number of carbonyl (C=O) groups excluding carboxylic acids is 1. The molecule has 0 atom stereocenters. The molecule has 0 aliphatic heterocycles. The number of ether oxygens (including phenoxy) is 1. The summed E-state index contributed by atoms with van der Waals surface area (Å²) in [5.74, 6) is 0.523. The van der Waals surface area contributed by atoms with Crippen molar-refractivity contribution >= 4 is 27.9 Å². The Morgan fingerprint density at radius 2 is 2.00 bits per heavy atom. The zero-order chi connectivity index (χ0) is 19.4. The molecular weight excluding hydrogens is 358 g/mol. The first kappa shape index (κ1) is 19.5. The van der Waals surface area contributed by atoms with E-state index in [0.717, 1.165) is 59.9 Å². The summed E-state index contributed by atoms with van der Waals surface area (Å²) in [5.41, 5.74) is 9.76. The molecule has 146 valence electrons. The van der Waals surface area contributed by atoms with Crippen molar-refractivity contribution in [2.75, 3.05) is 30.4 Å². The van der Waals surface area contributed by atoms with Gasteiger partial charge in [0, 0.05) is 41.8 Å². The van der Waals surface area contributed by atoms with Gasteiger partial charge in [-0.25, -0.2) is 0 Å². The lowest BCUT2D eigenvalue weighted by Crippen LogP contribution is -2.21. The van der Waals surface area contributed by atoms with Crippen LogP contribution in [0.15, 0.2) is 18.2 Å². The SMILES string of the molecule is CCN(CC)c1ccc(CNc2sc3c(c2C(N)=O)CCCC3)c(OC)c1. The second kappa shape index (κ2) is 8.65. The molecule has 1 aromatic carbocycles. The normalized spacial score (nSPS) is 13.1. The third kappa shape index (κ3) is 4.05. The molecule has 0 spiro atoms. The minimum Gasteiger partial charge on any atom is -0.496 e. The first-order chi connectivity index (χ1) is 13.1. The lowest BCUT2D eigenvalue weighted by molar-refractivity contribution is 0.100. The van der Waals surface area contributed by atoms with Gasteiger partial charge in [0.15, 0.2) is 0 Å². The van der Waals surface area contributed by atoms with Gasteiger partial charge in [0.25, 0.3) is 5.91 Å². The van der Waals surface area contributed by atoms with Crippen molar-refractivity contribution in [3.63, 3.8) is 0 Å². The Hall–Kier alpha value is -2.21. The standard InChI is InChI=1S/C21H29N3O2S/c1-4-24(5-2)15-11-10-14(17(12-15)26-3)13-23-21-19(20(22)25)16-8-6-7-9-18(16)27-21/h10-12,23H,4-9,13H2,1-3H3,(H2,22,25). The van der Waals surface area contributed by atoms with Crippen LogP contribution in [0.5, 0.6) is 5.75 Å². The minimum atomic E-state index is -0.333. The number of hydrogen-bond acceptors (Lipinski definition) is 5. The van der Waals surface area contributed by atoms with Crippen LogP contribution in [0.3, 0.4) is 0 Å². The highest BCUT2D eigenvalue weighted by atomic mass is 32.1. The molecule has 0 saturated heterocycles. The molecule has 0 bridgehead atoms. The molecule has 0 fully saturated rings. The van der Waals surface area contributed by atoms with E-state index in [1.165, 1.54) is 11.3 Å². The molecule has 6 heteroatoms. The van der Waals surface area contributed by atoms with Crippen molar-refractivity contribution in [2.24, 2.45) is 5.73 Å². The van der Waals surface area contributed by atoms with Gasteiger partial charge in [0.1, 0.15) is 10.8 Å². The van der Waals surface area contributed by atoms with Crippen LogP contribution >= 0.6 is 11.3 Å². The molecule has 1 aliphatic rings. The number of fused-ring (bicyclic) bond motifs is 1. The van der Waals surface area contributed by atoms with Gasteiger partial charge in [-0.15, -0.1) is 11.3 Å². The number of nitrogens with zero attached hydrogens (tertiary/aromatic N) is 1. The van der Waals surface area contributed by atoms with Gasteiger partial charge in [-0.3, -0.25) is 4.79 Å². The van der Waals surface area contributed by atoms with Gasteiger partial charge in [-0.1, -0.05) is 6.07 Å². The highest BCUT2D eigenvalue weighted by molar-refractivity contribution is 7.16. The molecule has 1 heterocycles. The lowest BCUT2D eigenvalue weighted by atomic mass is 9.95. The van der Waals surface area contributed by atoms with Crippen LogP contribution in [0, 0.1) is 0 Å². The summed E-state index contributed by atoms with van der Waals surface area (Å²) in [6.45, 7) is 6.81. The van der Waals surface area contributed by atoms with E-state index in [9.17, 15) is 4.79 Å². The number of carbonyl (C=O) groups is 1. The Labute approximate surface area is 165 Å². The number of nitrogens with one attached hydrogen (secondary N) is 1. The van der Waals surface area contributed by atoms with Crippen LogP contribution in [-0.2, 0) is 19.4 Å². The lowest BCUT2D eigenvalue weighted by Gasteiger charge is -2.22. The van der Waals surface area contributed by atoms with Crippen LogP contribution in [0.25, 0.3) is 0 Å². The summed E-state index contributed by atoms with van der Waals surface area (Å²) < 4.78 is 5.62. The van der Waals surface area contributed by atoms with E-state index in [1.54, 1.807) is 18.4 Å². The third-order valence-electron chi connectivity index (χ3n) is 5.26. The average molecular weight is 388 g/mol. The highest BCUT2D eigenvalue weighted by Crippen LogP contribution is 2.38. The monoisotopic (exact) mass is 387 g/mol. The number of primary amides is 1. The maximum atomic E-state index is 12.0. The van der Waals surface area contributed by atoms with Gasteiger partial charge >= 0.3 is 0 Å². The van der Waals surface area contributed by atoms with Crippen molar-refractivity contribution in [2.45, 2.75) is 46.1 Å². The van der Waals surface area contributed by atoms with Crippen molar-refractivity contribution in [3.8, 4) is 5.75 Å². The quantitative estimate of drug-likeness (QED) is 0.713. The largest absolute Gasteiger partial charge is 0.496 e. The number of aryl methyl sites for hydroxylation is 1. The fourth-order valence-electron chi connectivity index (χ4n) is 3.79. The van der Waals surface area contributed by atoms with Crippen molar-refractivity contribution < 1.29 is 9.53 Å². The second-order valence-electron chi connectivity index (χ2n) is 6.80. The topological polar surface area (TPSA) is 67.6 Å². The smallest absolute Gasteiger partial charge is 0.251 e. The van der Waals surface area contributed by atoms with Gasteiger partial charge < -0.3 is 20.7 Å². The molecule has 3 rings (SSSR count). The fourth-order valence-corrected chi connectivity index (χ4v) is 5.08. The summed E-state index contributed by atoms with van der Waals surface area (Å²) in [6.07, 6.45) is 4.31. The van der Waals surface area contributed by atoms with Crippen molar-refractivity contribution in [1.29, 1.82) is 0 Å². The Kier molecular flexibility index (Phi) is 6.26. The molecule has 2 aromatic rings. The molecular formula is C21H29N3O2S. The number of rotatable bonds is 8. The van der Waals surface area contributed by atoms with E-state index < -0.39 is 0 Å². The number of methoxy groups -OCH3 is 1. The maximum absolute atomic E-state index is 12.0. The third-order valence-corrected chi connectivity index (χ3v) is 6.51. The fraction of sp³-hybridized carbons (Fsp3) is 0.476. The molecule has 1 amide bonds. The van der Waals surface area contributed by atoms with E-state index in [-0.39, 0.29) is 5.91 Å². The molecule has 27 heavy (non-hydrogen) atoms. The molecule has 1 aliphatic carbocycles. The first-order valence-corrected chi connectivity index (χ1v) is 10.5. The number of thiophene rings is 1. The predicted octanol–water partition coefficient (Wildman–Crippen LogP) is 4.19. The van der Waals surface area contributed by atoms with Crippen LogP contribution in [-0.4, -0.2) is 26.1 Å². The summed E-state index contributed by atoms with van der Waals surface area (Å²) in [6, 6.07) is 6.30. The van der Waals surface area contributed by atoms with E-state index in [2.05, 4.69) is 42.3 Å². The average Bonchev–Trinajstić information content (AvgIpc) is 3.06. The Morgan fingerprint density at radius 3 is 2.67 bits per heavy atom. The summed E-state index contributed by atoms with van der Waals surface area (Å²) in [5, 5.41) is 4.34. The van der Waals surface area contributed by atoms with E-state index in [4.69, 9.17) is 10.5 Å². The zero-order valence-corrected chi connectivity index (χ0v) is 17.2. The Bertz CT molecular complexity index is 812.